The van der Waals surface area contributed by atoms with Gasteiger partial charge in [0.25, 0.3) is 0 Å². The molecule has 0 spiro atoms. The molecule has 1 nitrogen and oxygen atoms in total. The maximum atomic E-state index is 11.4. The van der Waals surface area contributed by atoms with E-state index in [2.05, 4.69) is 28.7 Å². The molecule has 168 valence electrons. The first kappa shape index (κ1) is 31.0. The first-order valence-electron chi connectivity index (χ1n) is 12.5. The number of hydrogen-bond donors (Lipinski definition) is 0. The van der Waals surface area contributed by atoms with E-state index in [1.807, 2.05) is 0 Å². The molecule has 0 N–H and O–H groups in total. The van der Waals surface area contributed by atoms with E-state index in [0.29, 0.717) is 5.12 Å². The standard InChI is InChI=1S/C22H44OS.3CH3.Sn/c1-3-5-6-7-8-9-10-11-12-13-14-15-16-17-18-19-21-24-22(23)20-4-2;;;;/h3-21H2,1-2H3;3*1H3;/q;;;;+1. The molecule has 0 atom stereocenters. The van der Waals surface area contributed by atoms with Crippen molar-refractivity contribution >= 4 is 36.6 Å². The molecule has 0 fully saturated rings. The predicted molar refractivity (Wildman–Crippen MR) is 135 cm³/mol. The van der Waals surface area contributed by atoms with Crippen molar-refractivity contribution in [2.45, 2.75) is 144 Å². The van der Waals surface area contributed by atoms with Crippen LogP contribution in [0.25, 0.3) is 0 Å². The quantitative estimate of drug-likeness (QED) is 0.125. The molecule has 0 aliphatic rings. The van der Waals surface area contributed by atoms with Crippen LogP contribution in [0.4, 0.5) is 0 Å². The predicted octanol–water partition coefficient (Wildman–Crippen LogP) is 9.68. The molecule has 0 radical (unpaired) electrons. The molecular weight excluding hydrogens is 467 g/mol. The van der Waals surface area contributed by atoms with Gasteiger partial charge in [0.1, 0.15) is 0 Å². The molecule has 0 bridgehead atoms. The van der Waals surface area contributed by atoms with Gasteiger partial charge in [-0.3, -0.25) is 4.79 Å². The minimum atomic E-state index is -0.543. The van der Waals surface area contributed by atoms with E-state index >= 15 is 0 Å². The van der Waals surface area contributed by atoms with Crippen molar-refractivity contribution in [1.82, 2.24) is 0 Å². The van der Waals surface area contributed by atoms with Crippen LogP contribution in [0, 0.1) is 0 Å². The van der Waals surface area contributed by atoms with Crippen LogP contribution in [-0.2, 0) is 4.79 Å². The fourth-order valence-electron chi connectivity index (χ4n) is 3.11. The van der Waals surface area contributed by atoms with E-state index < -0.39 is 19.8 Å². The van der Waals surface area contributed by atoms with Crippen LogP contribution in [-0.4, -0.2) is 30.6 Å². The van der Waals surface area contributed by atoms with Crippen LogP contribution in [0.15, 0.2) is 0 Å². The van der Waals surface area contributed by atoms with E-state index in [0.717, 1.165) is 18.6 Å². The number of carbonyl (C=O) groups is 1. The fourth-order valence-corrected chi connectivity index (χ4v) is 4.04. The summed E-state index contributed by atoms with van der Waals surface area (Å²) in [5, 5.41) is 0.387. The molecule has 0 rings (SSSR count). The first-order chi connectivity index (χ1) is 13.5. The van der Waals surface area contributed by atoms with E-state index in [9.17, 15) is 4.79 Å². The summed E-state index contributed by atoms with van der Waals surface area (Å²) in [4.78, 5) is 18.5. The Labute approximate surface area is 190 Å². The molecule has 0 amide bonds. The van der Waals surface area contributed by atoms with E-state index in [4.69, 9.17) is 0 Å². The molecular formula is C25H53OSSn+. The van der Waals surface area contributed by atoms with Crippen LogP contribution >= 0.6 is 11.8 Å². The summed E-state index contributed by atoms with van der Waals surface area (Å²) in [7, 11) is 0. The SMILES string of the molecule is CCCCCCCCCCCCCCCCCCSC(=O)CCC.[CH3][Sn+]([CH3])[CH3]. The second-order valence-corrected chi connectivity index (χ2v) is 18.5. The topological polar surface area (TPSA) is 17.1 Å². The van der Waals surface area contributed by atoms with Crippen molar-refractivity contribution in [2.75, 3.05) is 5.75 Å². The zero-order valence-electron chi connectivity index (χ0n) is 20.3. The number of unbranched alkanes of at least 4 members (excludes halogenated alkanes) is 15. The van der Waals surface area contributed by atoms with Crippen molar-refractivity contribution in [1.29, 1.82) is 0 Å². The number of rotatable bonds is 19. The van der Waals surface area contributed by atoms with Crippen molar-refractivity contribution in [3.05, 3.63) is 0 Å². The van der Waals surface area contributed by atoms with Crippen LogP contribution in [0.5, 0.6) is 0 Å². The zero-order chi connectivity index (χ0) is 21.3. The van der Waals surface area contributed by atoms with Gasteiger partial charge in [-0.2, -0.15) is 0 Å². The second-order valence-electron chi connectivity index (χ2n) is 8.77. The summed E-state index contributed by atoms with van der Waals surface area (Å²) in [6, 6.07) is 0. The Bertz CT molecular complexity index is 292. The van der Waals surface area contributed by atoms with Gasteiger partial charge in [-0.05, 0) is 12.8 Å². The summed E-state index contributed by atoms with van der Waals surface area (Å²) in [6.07, 6.45) is 24.3. The Kier molecular flexibility index (Phi) is 30.8. The van der Waals surface area contributed by atoms with Crippen molar-refractivity contribution in [2.24, 2.45) is 0 Å². The first-order valence-corrected chi connectivity index (χ1v) is 22.0. The second kappa shape index (κ2) is 27.8. The Balaban J connectivity index is 0. The van der Waals surface area contributed by atoms with Gasteiger partial charge >= 0.3 is 34.6 Å². The summed E-state index contributed by atoms with van der Waals surface area (Å²) in [6.45, 7) is 4.36. The molecule has 3 heteroatoms. The van der Waals surface area contributed by atoms with Crippen molar-refractivity contribution in [3.63, 3.8) is 0 Å². The van der Waals surface area contributed by atoms with Gasteiger partial charge in [0.15, 0.2) is 5.12 Å². The normalized spacial score (nSPS) is 10.5. The average Bonchev–Trinajstić information content (AvgIpc) is 2.64. The Hall–Kier alpha value is 0.819. The summed E-state index contributed by atoms with van der Waals surface area (Å²) in [5.41, 5.74) is 0. The third-order valence-corrected chi connectivity index (χ3v) is 5.73. The molecule has 0 unspecified atom stereocenters. The Morgan fingerprint density at radius 3 is 1.21 bits per heavy atom. The molecule has 28 heavy (non-hydrogen) atoms. The Morgan fingerprint density at radius 2 is 0.893 bits per heavy atom. The van der Waals surface area contributed by atoms with Crippen molar-refractivity contribution in [3.8, 4) is 0 Å². The molecule has 0 aromatic rings. The third-order valence-electron chi connectivity index (χ3n) is 4.72. The zero-order valence-corrected chi connectivity index (χ0v) is 23.9. The summed E-state index contributed by atoms with van der Waals surface area (Å²) < 4.78 is 0. The molecule has 0 aromatic carbocycles. The molecule has 0 aliphatic carbocycles. The number of thioether (sulfide) groups is 1. The van der Waals surface area contributed by atoms with Gasteiger partial charge in [0.2, 0.25) is 0 Å². The number of hydrogen-bond acceptors (Lipinski definition) is 2. The van der Waals surface area contributed by atoms with Gasteiger partial charge < -0.3 is 0 Å². The van der Waals surface area contributed by atoms with Crippen LogP contribution in [0.2, 0.25) is 14.8 Å². The molecule has 0 aromatic heterocycles. The monoisotopic (exact) mass is 521 g/mol. The summed E-state index contributed by atoms with van der Waals surface area (Å²) >= 11 is 1.01. The van der Waals surface area contributed by atoms with Gasteiger partial charge in [-0.25, -0.2) is 0 Å². The fraction of sp³-hybridized carbons (Fsp3) is 0.960. The molecule has 0 saturated carbocycles. The van der Waals surface area contributed by atoms with Gasteiger partial charge in [-0.1, -0.05) is 122 Å². The van der Waals surface area contributed by atoms with Crippen LogP contribution < -0.4 is 0 Å². The maximum absolute atomic E-state index is 11.4. The summed E-state index contributed by atoms with van der Waals surface area (Å²) in [5.74, 6) is 1.04. The molecule has 0 aliphatic heterocycles. The number of carbonyl (C=O) groups excluding carboxylic acids is 1. The van der Waals surface area contributed by atoms with Gasteiger partial charge in [0, 0.05) is 12.2 Å². The van der Waals surface area contributed by atoms with Crippen LogP contribution in [0.1, 0.15) is 129 Å². The van der Waals surface area contributed by atoms with Crippen molar-refractivity contribution < 1.29 is 4.79 Å². The third kappa shape index (κ3) is 34.3. The molecule has 0 heterocycles. The van der Waals surface area contributed by atoms with E-state index in [-0.39, 0.29) is 0 Å². The minimum absolute atomic E-state index is 0.387. The van der Waals surface area contributed by atoms with E-state index in [1.54, 1.807) is 11.8 Å². The van der Waals surface area contributed by atoms with Gasteiger partial charge in [-0.15, -0.1) is 0 Å². The molecule has 0 saturated heterocycles. The van der Waals surface area contributed by atoms with Crippen LogP contribution in [0.3, 0.4) is 0 Å². The Morgan fingerprint density at radius 1 is 0.571 bits per heavy atom. The van der Waals surface area contributed by atoms with Gasteiger partial charge in [0.05, 0.1) is 0 Å². The average molecular weight is 520 g/mol. The van der Waals surface area contributed by atoms with E-state index in [1.165, 1.54) is 103 Å².